The van der Waals surface area contributed by atoms with Crippen LogP contribution in [0.3, 0.4) is 0 Å². The summed E-state index contributed by atoms with van der Waals surface area (Å²) in [4.78, 5) is 2.06. The Hall–Kier alpha value is -1.94. The monoisotopic (exact) mass is 292 g/mol. The van der Waals surface area contributed by atoms with E-state index in [1.807, 2.05) is 12.1 Å². The summed E-state index contributed by atoms with van der Waals surface area (Å²) in [5.74, 6) is 0.372. The van der Waals surface area contributed by atoms with Crippen molar-refractivity contribution in [1.29, 1.82) is 0 Å². The minimum atomic E-state index is -0.363. The highest BCUT2D eigenvalue weighted by Gasteiger charge is 2.19. The first-order chi connectivity index (χ1) is 9.65. The lowest BCUT2D eigenvalue weighted by Crippen LogP contribution is -2.32. The molecule has 104 valence electrons. The molecule has 3 rings (SSSR count). The van der Waals surface area contributed by atoms with Gasteiger partial charge in [0.1, 0.15) is 18.2 Å². The lowest BCUT2D eigenvalue weighted by atomic mass is 10.1. The standard InChI is InChI=1S/C15H14ClFN2O/c16-12-3-1-2-10(15(12)17)9-19-6-7-20-14-8-11(18)4-5-13(14)19/h1-5,8H,6-7,9,18H2. The SMILES string of the molecule is Nc1ccc2c(c1)OCCN2Cc1cccc(Cl)c1F. The second-order valence-electron chi connectivity index (χ2n) is 4.71. The van der Waals surface area contributed by atoms with Crippen LogP contribution in [-0.4, -0.2) is 13.2 Å². The Labute approximate surface area is 121 Å². The summed E-state index contributed by atoms with van der Waals surface area (Å²) >= 11 is 5.82. The van der Waals surface area contributed by atoms with E-state index in [4.69, 9.17) is 22.1 Å². The maximum absolute atomic E-state index is 14.0. The highest BCUT2D eigenvalue weighted by molar-refractivity contribution is 6.30. The maximum atomic E-state index is 14.0. The Balaban J connectivity index is 1.91. The topological polar surface area (TPSA) is 38.5 Å². The largest absolute Gasteiger partial charge is 0.489 e. The Morgan fingerprint density at radius 3 is 3.00 bits per heavy atom. The molecule has 2 aromatic carbocycles. The van der Waals surface area contributed by atoms with Crippen LogP contribution in [0.1, 0.15) is 5.56 Å². The highest BCUT2D eigenvalue weighted by atomic mass is 35.5. The van der Waals surface area contributed by atoms with Gasteiger partial charge in [0.15, 0.2) is 0 Å². The zero-order valence-corrected chi connectivity index (χ0v) is 11.5. The van der Waals surface area contributed by atoms with Gasteiger partial charge in [-0.15, -0.1) is 0 Å². The molecule has 2 N–H and O–H groups in total. The van der Waals surface area contributed by atoms with Crippen LogP contribution < -0.4 is 15.4 Å². The zero-order chi connectivity index (χ0) is 14.1. The second-order valence-corrected chi connectivity index (χ2v) is 5.12. The fourth-order valence-corrected chi connectivity index (χ4v) is 2.53. The van der Waals surface area contributed by atoms with Crippen LogP contribution >= 0.6 is 11.6 Å². The summed E-state index contributed by atoms with van der Waals surface area (Å²) in [6.45, 7) is 1.70. The highest BCUT2D eigenvalue weighted by Crippen LogP contribution is 2.34. The van der Waals surface area contributed by atoms with Crippen molar-refractivity contribution < 1.29 is 9.13 Å². The molecule has 20 heavy (non-hydrogen) atoms. The van der Waals surface area contributed by atoms with E-state index >= 15 is 0 Å². The molecule has 0 radical (unpaired) electrons. The quantitative estimate of drug-likeness (QED) is 0.862. The predicted octanol–water partition coefficient (Wildman–Crippen LogP) is 3.46. The molecule has 1 aliphatic rings. The van der Waals surface area contributed by atoms with Gasteiger partial charge in [-0.1, -0.05) is 23.7 Å². The van der Waals surface area contributed by atoms with Gasteiger partial charge in [0, 0.05) is 23.9 Å². The summed E-state index contributed by atoms with van der Waals surface area (Å²) < 4.78 is 19.6. The summed E-state index contributed by atoms with van der Waals surface area (Å²) in [5, 5.41) is 0.147. The molecule has 2 aromatic rings. The number of hydrogen-bond acceptors (Lipinski definition) is 3. The maximum Gasteiger partial charge on any atom is 0.146 e. The van der Waals surface area contributed by atoms with Crippen molar-refractivity contribution >= 4 is 23.0 Å². The number of anilines is 2. The number of halogens is 2. The van der Waals surface area contributed by atoms with Crippen LogP contribution in [0, 0.1) is 5.82 Å². The van der Waals surface area contributed by atoms with Crippen LogP contribution in [0.25, 0.3) is 0 Å². The van der Waals surface area contributed by atoms with Gasteiger partial charge < -0.3 is 15.4 Å². The van der Waals surface area contributed by atoms with Gasteiger partial charge in [0.2, 0.25) is 0 Å². The van der Waals surface area contributed by atoms with Gasteiger partial charge in [0.05, 0.1) is 17.3 Å². The average Bonchev–Trinajstić information content (AvgIpc) is 2.44. The van der Waals surface area contributed by atoms with Crippen molar-refractivity contribution in [3.05, 3.63) is 52.8 Å². The molecule has 1 heterocycles. The molecule has 0 aromatic heterocycles. The van der Waals surface area contributed by atoms with Crippen LogP contribution in [0.4, 0.5) is 15.8 Å². The number of ether oxygens (including phenoxy) is 1. The average molecular weight is 293 g/mol. The van der Waals surface area contributed by atoms with E-state index in [1.165, 1.54) is 0 Å². The molecule has 0 saturated carbocycles. The number of nitrogens with zero attached hydrogens (tertiary/aromatic N) is 1. The van der Waals surface area contributed by atoms with E-state index in [0.29, 0.717) is 30.9 Å². The molecular weight excluding hydrogens is 279 g/mol. The van der Waals surface area contributed by atoms with Crippen LogP contribution in [0.5, 0.6) is 5.75 Å². The minimum absolute atomic E-state index is 0.147. The zero-order valence-electron chi connectivity index (χ0n) is 10.8. The number of nitrogen functional groups attached to an aromatic ring is 1. The summed E-state index contributed by atoms with van der Waals surface area (Å²) in [7, 11) is 0. The Morgan fingerprint density at radius 2 is 2.15 bits per heavy atom. The first-order valence-corrected chi connectivity index (χ1v) is 6.73. The van der Waals surface area contributed by atoms with Gasteiger partial charge >= 0.3 is 0 Å². The molecule has 3 nitrogen and oxygen atoms in total. The van der Waals surface area contributed by atoms with Gasteiger partial charge in [-0.25, -0.2) is 4.39 Å². The third-order valence-electron chi connectivity index (χ3n) is 3.34. The van der Waals surface area contributed by atoms with Crippen molar-refractivity contribution in [2.24, 2.45) is 0 Å². The smallest absolute Gasteiger partial charge is 0.146 e. The van der Waals surface area contributed by atoms with E-state index < -0.39 is 0 Å². The number of benzene rings is 2. The number of nitrogens with two attached hydrogens (primary N) is 1. The molecule has 0 atom stereocenters. The normalized spacial score (nSPS) is 13.8. The van der Waals surface area contributed by atoms with Crippen molar-refractivity contribution in [2.45, 2.75) is 6.54 Å². The molecule has 0 bridgehead atoms. The van der Waals surface area contributed by atoms with Gasteiger partial charge in [-0.3, -0.25) is 0 Å². The van der Waals surface area contributed by atoms with E-state index in [9.17, 15) is 4.39 Å². The first-order valence-electron chi connectivity index (χ1n) is 6.35. The molecule has 0 unspecified atom stereocenters. The molecule has 0 fully saturated rings. The predicted molar refractivity (Wildman–Crippen MR) is 78.8 cm³/mol. The molecule has 0 amide bonds. The number of hydrogen-bond donors (Lipinski definition) is 1. The van der Waals surface area contributed by atoms with E-state index in [1.54, 1.807) is 24.3 Å². The lowest BCUT2D eigenvalue weighted by molar-refractivity contribution is 0.307. The number of rotatable bonds is 2. The first kappa shape index (κ1) is 13.1. The summed E-state index contributed by atoms with van der Waals surface area (Å²) in [6, 6.07) is 10.5. The van der Waals surface area contributed by atoms with Gasteiger partial charge in [-0.2, -0.15) is 0 Å². The molecule has 0 aliphatic carbocycles. The van der Waals surface area contributed by atoms with E-state index in [0.717, 1.165) is 11.4 Å². The third-order valence-corrected chi connectivity index (χ3v) is 3.63. The van der Waals surface area contributed by atoms with Crippen molar-refractivity contribution in [2.75, 3.05) is 23.8 Å². The molecule has 1 aliphatic heterocycles. The second kappa shape index (κ2) is 5.21. The summed E-state index contributed by atoms with van der Waals surface area (Å²) in [5.41, 5.74) is 7.89. The lowest BCUT2D eigenvalue weighted by Gasteiger charge is -2.31. The van der Waals surface area contributed by atoms with Crippen molar-refractivity contribution in [1.82, 2.24) is 0 Å². The Kier molecular flexibility index (Phi) is 3.40. The summed E-state index contributed by atoms with van der Waals surface area (Å²) in [6.07, 6.45) is 0. The molecular formula is C15H14ClFN2O. The van der Waals surface area contributed by atoms with E-state index in [2.05, 4.69) is 4.90 Å². The fourth-order valence-electron chi connectivity index (χ4n) is 2.33. The van der Waals surface area contributed by atoms with Crippen LogP contribution in [0.2, 0.25) is 5.02 Å². The number of fused-ring (bicyclic) bond motifs is 1. The minimum Gasteiger partial charge on any atom is -0.489 e. The van der Waals surface area contributed by atoms with Crippen LogP contribution in [0.15, 0.2) is 36.4 Å². The van der Waals surface area contributed by atoms with Crippen LogP contribution in [-0.2, 0) is 6.54 Å². The Morgan fingerprint density at radius 1 is 1.30 bits per heavy atom. The van der Waals surface area contributed by atoms with Gasteiger partial charge in [-0.05, 0) is 18.2 Å². The fraction of sp³-hybridized carbons (Fsp3) is 0.200. The molecule has 0 spiro atoms. The van der Waals surface area contributed by atoms with Gasteiger partial charge in [0.25, 0.3) is 0 Å². The van der Waals surface area contributed by atoms with Crippen molar-refractivity contribution in [3.8, 4) is 5.75 Å². The van der Waals surface area contributed by atoms with Crippen molar-refractivity contribution in [3.63, 3.8) is 0 Å². The van der Waals surface area contributed by atoms with E-state index in [-0.39, 0.29) is 10.8 Å². The molecule has 5 heteroatoms. The third kappa shape index (κ3) is 2.39. The molecule has 0 saturated heterocycles. The Bertz CT molecular complexity index is 648.